The number of anilines is 1. The highest BCUT2D eigenvalue weighted by molar-refractivity contribution is 8.00. The number of halogens is 2. The fourth-order valence-electron chi connectivity index (χ4n) is 3.29. The molecule has 0 fully saturated rings. The number of hydrogen-bond acceptors (Lipinski definition) is 5. The fourth-order valence-corrected chi connectivity index (χ4v) is 4.22. The molecule has 1 N–H and O–H groups in total. The Morgan fingerprint density at radius 3 is 2.38 bits per heavy atom. The number of ether oxygens (including phenoxy) is 1. The van der Waals surface area contributed by atoms with Gasteiger partial charge in [-0.25, -0.2) is 4.98 Å². The predicted molar refractivity (Wildman–Crippen MR) is 129 cm³/mol. The molecular formula is C25H21F2N3O3S. The van der Waals surface area contributed by atoms with Crippen LogP contribution >= 0.6 is 11.8 Å². The van der Waals surface area contributed by atoms with Crippen LogP contribution in [0.2, 0.25) is 0 Å². The van der Waals surface area contributed by atoms with E-state index in [1.165, 1.54) is 28.8 Å². The number of hydrogen-bond donors (Lipinski definition) is 1. The number of nitrogens with zero attached hydrogens (tertiary/aromatic N) is 2. The van der Waals surface area contributed by atoms with Gasteiger partial charge < -0.3 is 10.1 Å². The number of nitrogens with one attached hydrogen (secondary N) is 1. The normalized spacial score (nSPS) is 12.0. The minimum atomic E-state index is -2.95. The zero-order chi connectivity index (χ0) is 24.2. The van der Waals surface area contributed by atoms with Crippen LogP contribution in [0, 0.1) is 6.92 Å². The second kappa shape index (κ2) is 10.0. The Labute approximate surface area is 198 Å². The van der Waals surface area contributed by atoms with Crippen LogP contribution in [0.5, 0.6) is 5.75 Å². The van der Waals surface area contributed by atoms with Crippen molar-refractivity contribution in [1.29, 1.82) is 0 Å². The van der Waals surface area contributed by atoms with Gasteiger partial charge >= 0.3 is 6.61 Å². The lowest BCUT2D eigenvalue weighted by molar-refractivity contribution is -0.115. The van der Waals surface area contributed by atoms with E-state index in [9.17, 15) is 18.4 Å². The predicted octanol–water partition coefficient (Wildman–Crippen LogP) is 5.41. The third-order valence-corrected chi connectivity index (χ3v) is 6.09. The zero-order valence-electron chi connectivity index (χ0n) is 18.4. The fraction of sp³-hybridized carbons (Fsp3) is 0.160. The molecule has 0 aliphatic heterocycles. The number of aromatic nitrogens is 2. The van der Waals surface area contributed by atoms with E-state index in [1.54, 1.807) is 31.2 Å². The Hall–Kier alpha value is -3.72. The summed E-state index contributed by atoms with van der Waals surface area (Å²) in [7, 11) is 0. The number of thioether (sulfide) groups is 1. The molecule has 0 saturated carbocycles. The second-order valence-electron chi connectivity index (χ2n) is 7.54. The van der Waals surface area contributed by atoms with Crippen LogP contribution in [0.4, 0.5) is 14.5 Å². The summed E-state index contributed by atoms with van der Waals surface area (Å²) in [5.74, 6) is -0.274. The summed E-state index contributed by atoms with van der Waals surface area (Å²) < 4.78 is 30.8. The third-order valence-electron chi connectivity index (χ3n) is 5.04. The molecule has 0 spiro atoms. The van der Waals surface area contributed by atoms with Crippen molar-refractivity contribution >= 4 is 34.3 Å². The van der Waals surface area contributed by atoms with Crippen LogP contribution in [-0.4, -0.2) is 27.3 Å². The van der Waals surface area contributed by atoms with Gasteiger partial charge in [0, 0.05) is 5.69 Å². The van der Waals surface area contributed by atoms with Gasteiger partial charge in [-0.05, 0) is 62.4 Å². The van der Waals surface area contributed by atoms with Crippen molar-refractivity contribution in [1.82, 2.24) is 9.55 Å². The van der Waals surface area contributed by atoms with Gasteiger partial charge in [-0.3, -0.25) is 14.2 Å². The third kappa shape index (κ3) is 5.26. The Kier molecular flexibility index (Phi) is 6.93. The lowest BCUT2D eigenvalue weighted by Gasteiger charge is -2.17. The SMILES string of the molecule is Cc1ccc(NC(=O)C(C)Sc2nc3ccccc3c(=O)n2-c2ccc(OC(F)F)cc2)cc1. The molecule has 4 aromatic rings. The highest BCUT2D eigenvalue weighted by Gasteiger charge is 2.20. The summed E-state index contributed by atoms with van der Waals surface area (Å²) in [6, 6.07) is 20.0. The number of fused-ring (bicyclic) bond motifs is 1. The maximum absolute atomic E-state index is 13.3. The average molecular weight is 482 g/mol. The second-order valence-corrected chi connectivity index (χ2v) is 8.85. The lowest BCUT2D eigenvalue weighted by atomic mass is 10.2. The number of alkyl halides is 2. The topological polar surface area (TPSA) is 73.2 Å². The molecule has 3 aromatic carbocycles. The Morgan fingerprint density at radius 2 is 1.71 bits per heavy atom. The van der Waals surface area contributed by atoms with E-state index in [-0.39, 0.29) is 17.2 Å². The van der Waals surface area contributed by atoms with Crippen LogP contribution in [0.15, 0.2) is 82.7 Å². The maximum atomic E-state index is 13.3. The highest BCUT2D eigenvalue weighted by Crippen LogP contribution is 2.27. The van der Waals surface area contributed by atoms with E-state index in [4.69, 9.17) is 0 Å². The molecule has 34 heavy (non-hydrogen) atoms. The molecule has 1 atom stereocenters. The first-order valence-electron chi connectivity index (χ1n) is 10.4. The van der Waals surface area contributed by atoms with Crippen molar-refractivity contribution in [3.05, 3.63) is 88.7 Å². The van der Waals surface area contributed by atoms with Crippen molar-refractivity contribution in [2.75, 3.05) is 5.32 Å². The monoisotopic (exact) mass is 481 g/mol. The molecule has 0 bridgehead atoms. The Bertz CT molecular complexity index is 1370. The summed E-state index contributed by atoms with van der Waals surface area (Å²) in [6.07, 6.45) is 0. The molecule has 0 radical (unpaired) electrons. The minimum Gasteiger partial charge on any atom is -0.435 e. The summed E-state index contributed by atoms with van der Waals surface area (Å²) in [6.45, 7) is 0.732. The van der Waals surface area contributed by atoms with Crippen LogP contribution in [0.25, 0.3) is 16.6 Å². The van der Waals surface area contributed by atoms with Crippen LogP contribution in [0.3, 0.4) is 0 Å². The summed E-state index contributed by atoms with van der Waals surface area (Å²) >= 11 is 1.13. The highest BCUT2D eigenvalue weighted by atomic mass is 32.2. The van der Waals surface area contributed by atoms with E-state index in [2.05, 4.69) is 15.0 Å². The van der Waals surface area contributed by atoms with Gasteiger partial charge in [-0.2, -0.15) is 8.78 Å². The zero-order valence-corrected chi connectivity index (χ0v) is 19.2. The minimum absolute atomic E-state index is 0.0272. The summed E-state index contributed by atoms with van der Waals surface area (Å²) in [5, 5.41) is 2.98. The molecule has 1 heterocycles. The van der Waals surface area contributed by atoms with E-state index in [0.29, 0.717) is 27.4 Å². The molecule has 174 valence electrons. The Morgan fingerprint density at radius 1 is 1.03 bits per heavy atom. The van der Waals surface area contributed by atoms with Crippen molar-refractivity contribution in [3.63, 3.8) is 0 Å². The molecule has 0 aliphatic rings. The van der Waals surface area contributed by atoms with Gasteiger partial charge in [0.15, 0.2) is 5.16 Å². The first kappa shape index (κ1) is 23.4. The summed E-state index contributed by atoms with van der Waals surface area (Å²) in [4.78, 5) is 30.8. The first-order valence-corrected chi connectivity index (χ1v) is 11.3. The largest absolute Gasteiger partial charge is 0.435 e. The quantitative estimate of drug-likeness (QED) is 0.282. The van der Waals surface area contributed by atoms with Gasteiger partial charge in [0.25, 0.3) is 5.56 Å². The number of para-hydroxylation sites is 1. The van der Waals surface area contributed by atoms with Gasteiger partial charge in [0.1, 0.15) is 5.75 Å². The number of amides is 1. The van der Waals surface area contributed by atoms with Crippen LogP contribution in [-0.2, 0) is 4.79 Å². The molecule has 4 rings (SSSR count). The number of aryl methyl sites for hydroxylation is 1. The van der Waals surface area contributed by atoms with E-state index < -0.39 is 11.9 Å². The van der Waals surface area contributed by atoms with Gasteiger partial charge in [-0.1, -0.05) is 41.6 Å². The van der Waals surface area contributed by atoms with Crippen molar-refractivity contribution < 1.29 is 18.3 Å². The van der Waals surface area contributed by atoms with Crippen molar-refractivity contribution in [2.45, 2.75) is 30.9 Å². The molecule has 0 aliphatic carbocycles. The lowest BCUT2D eigenvalue weighted by Crippen LogP contribution is -2.26. The van der Waals surface area contributed by atoms with Gasteiger partial charge in [0.2, 0.25) is 5.91 Å². The molecular weight excluding hydrogens is 460 g/mol. The average Bonchev–Trinajstić information content (AvgIpc) is 2.81. The number of carbonyl (C=O) groups excluding carboxylic acids is 1. The molecule has 9 heteroatoms. The van der Waals surface area contributed by atoms with Crippen LogP contribution in [0.1, 0.15) is 12.5 Å². The number of rotatable bonds is 7. The molecule has 0 saturated heterocycles. The first-order chi connectivity index (χ1) is 16.3. The number of benzene rings is 3. The van der Waals surface area contributed by atoms with E-state index in [1.807, 2.05) is 31.2 Å². The maximum Gasteiger partial charge on any atom is 0.387 e. The molecule has 1 unspecified atom stereocenters. The molecule has 6 nitrogen and oxygen atoms in total. The molecule has 1 amide bonds. The van der Waals surface area contributed by atoms with Crippen molar-refractivity contribution in [3.8, 4) is 11.4 Å². The standard InChI is InChI=1S/C25H21F2N3O3S/c1-15-7-9-17(10-8-15)28-22(31)16(2)34-25-29-21-6-4-3-5-20(21)23(32)30(25)18-11-13-19(14-12-18)33-24(26)27/h3-14,16,24H,1-2H3,(H,28,31). The molecule has 1 aromatic heterocycles. The van der Waals surface area contributed by atoms with Crippen molar-refractivity contribution in [2.24, 2.45) is 0 Å². The smallest absolute Gasteiger partial charge is 0.387 e. The van der Waals surface area contributed by atoms with Crippen LogP contribution < -0.4 is 15.6 Å². The van der Waals surface area contributed by atoms with E-state index in [0.717, 1.165) is 17.3 Å². The van der Waals surface area contributed by atoms with E-state index >= 15 is 0 Å². The van der Waals surface area contributed by atoms with Gasteiger partial charge in [-0.15, -0.1) is 0 Å². The summed E-state index contributed by atoms with van der Waals surface area (Å²) in [5.41, 5.74) is 2.33. The Balaban J connectivity index is 1.69. The van der Waals surface area contributed by atoms with Gasteiger partial charge in [0.05, 0.1) is 21.8 Å². The number of carbonyl (C=O) groups is 1.